The quantitative estimate of drug-likeness (QED) is 0.737. The monoisotopic (exact) mass is 296 g/mol. The van der Waals surface area contributed by atoms with Crippen LogP contribution in [0.4, 0.5) is 0 Å². The molecule has 3 rings (SSSR count). The summed E-state index contributed by atoms with van der Waals surface area (Å²) in [5.41, 5.74) is 1.93. The first kappa shape index (κ1) is 13.5. The van der Waals surface area contributed by atoms with Crippen LogP contribution in [-0.4, -0.2) is 20.2 Å². The number of benzene rings is 2. The highest BCUT2D eigenvalue weighted by Gasteiger charge is 2.08. The Morgan fingerprint density at radius 2 is 1.76 bits per heavy atom. The van der Waals surface area contributed by atoms with Gasteiger partial charge in [0, 0.05) is 5.56 Å². The third kappa shape index (κ3) is 3.35. The normalized spacial score (nSPS) is 11.1. The van der Waals surface area contributed by atoms with Crippen molar-refractivity contribution in [1.29, 1.82) is 0 Å². The fourth-order valence-electron chi connectivity index (χ4n) is 1.92. The summed E-state index contributed by atoms with van der Waals surface area (Å²) >= 11 is 6.12. The summed E-state index contributed by atoms with van der Waals surface area (Å²) < 4.78 is 0. The molecule has 2 aromatic carbocycles. The zero-order valence-electron chi connectivity index (χ0n) is 11.2. The smallest absolute Gasteiger partial charge is 0.160 e. The molecule has 0 atom stereocenters. The molecule has 0 N–H and O–H groups in total. The van der Waals surface area contributed by atoms with E-state index < -0.39 is 0 Å². The maximum Gasteiger partial charge on any atom is 0.206 e. The molecule has 5 heteroatoms. The fourth-order valence-corrected chi connectivity index (χ4v) is 2.14. The van der Waals surface area contributed by atoms with Crippen molar-refractivity contribution in [1.82, 2.24) is 20.2 Å². The SMILES string of the molecule is Clc1ccccc1-c1nnn(C/C=C/c2ccccc2)n1. The Balaban J connectivity index is 1.71. The third-order valence-corrected chi connectivity index (χ3v) is 3.28. The molecule has 104 valence electrons. The van der Waals surface area contributed by atoms with Gasteiger partial charge in [0.2, 0.25) is 5.82 Å². The molecule has 0 aliphatic carbocycles. The van der Waals surface area contributed by atoms with E-state index in [2.05, 4.69) is 15.4 Å². The molecule has 0 aliphatic rings. The van der Waals surface area contributed by atoms with Gasteiger partial charge in [0.15, 0.2) is 0 Å². The number of hydrogen-bond donors (Lipinski definition) is 0. The first-order valence-corrected chi connectivity index (χ1v) is 6.95. The van der Waals surface area contributed by atoms with Crippen molar-refractivity contribution in [3.05, 3.63) is 71.3 Å². The predicted octanol–water partition coefficient (Wildman–Crippen LogP) is 3.71. The van der Waals surface area contributed by atoms with Gasteiger partial charge in [-0.25, -0.2) is 0 Å². The van der Waals surface area contributed by atoms with Crippen LogP contribution in [0.3, 0.4) is 0 Å². The van der Waals surface area contributed by atoms with E-state index in [9.17, 15) is 0 Å². The highest BCUT2D eigenvalue weighted by Crippen LogP contribution is 2.23. The molecule has 0 unspecified atom stereocenters. The number of halogens is 1. The van der Waals surface area contributed by atoms with Crippen molar-refractivity contribution in [2.75, 3.05) is 0 Å². The minimum absolute atomic E-state index is 0.536. The average molecular weight is 297 g/mol. The van der Waals surface area contributed by atoms with Gasteiger partial charge < -0.3 is 0 Å². The van der Waals surface area contributed by atoms with Gasteiger partial charge in [-0.1, -0.05) is 66.2 Å². The second-order valence-electron chi connectivity index (χ2n) is 4.46. The lowest BCUT2D eigenvalue weighted by Gasteiger charge is -1.96. The molecular weight excluding hydrogens is 284 g/mol. The highest BCUT2D eigenvalue weighted by atomic mass is 35.5. The summed E-state index contributed by atoms with van der Waals surface area (Å²) in [6, 6.07) is 17.5. The van der Waals surface area contributed by atoms with Crippen LogP contribution in [0, 0.1) is 0 Å². The largest absolute Gasteiger partial charge is 0.206 e. The average Bonchev–Trinajstić information content (AvgIpc) is 2.97. The van der Waals surface area contributed by atoms with Gasteiger partial charge in [-0.05, 0) is 22.9 Å². The van der Waals surface area contributed by atoms with Crippen LogP contribution in [-0.2, 0) is 6.54 Å². The van der Waals surface area contributed by atoms with E-state index in [-0.39, 0.29) is 0 Å². The molecule has 0 saturated carbocycles. The Morgan fingerprint density at radius 3 is 2.57 bits per heavy atom. The van der Waals surface area contributed by atoms with Crippen LogP contribution in [0.5, 0.6) is 0 Å². The molecule has 0 bridgehead atoms. The number of allylic oxidation sites excluding steroid dienone is 1. The van der Waals surface area contributed by atoms with Crippen molar-refractivity contribution in [3.8, 4) is 11.4 Å². The van der Waals surface area contributed by atoms with Crippen molar-refractivity contribution in [2.45, 2.75) is 6.54 Å². The van der Waals surface area contributed by atoms with Crippen molar-refractivity contribution < 1.29 is 0 Å². The number of nitrogens with zero attached hydrogens (tertiary/aromatic N) is 4. The van der Waals surface area contributed by atoms with Gasteiger partial charge in [0.25, 0.3) is 0 Å². The summed E-state index contributed by atoms with van der Waals surface area (Å²) in [6.07, 6.45) is 4.02. The molecule has 1 heterocycles. The molecule has 21 heavy (non-hydrogen) atoms. The maximum atomic E-state index is 6.12. The highest BCUT2D eigenvalue weighted by molar-refractivity contribution is 6.33. The fraction of sp³-hybridized carbons (Fsp3) is 0.0625. The second kappa shape index (κ2) is 6.33. The standard InChI is InChI=1S/C16H13ClN4/c17-15-11-5-4-10-14(15)16-18-20-21(19-16)12-6-9-13-7-2-1-3-8-13/h1-11H,12H2/b9-6+. The topological polar surface area (TPSA) is 43.6 Å². The van der Waals surface area contributed by atoms with Gasteiger partial charge in [-0.15, -0.1) is 10.2 Å². The molecule has 0 aliphatic heterocycles. The van der Waals surface area contributed by atoms with Crippen LogP contribution in [0.1, 0.15) is 5.56 Å². The van der Waals surface area contributed by atoms with E-state index in [1.807, 2.05) is 66.7 Å². The Hall–Kier alpha value is -2.46. The van der Waals surface area contributed by atoms with Crippen LogP contribution in [0.15, 0.2) is 60.7 Å². The summed E-state index contributed by atoms with van der Waals surface area (Å²) in [7, 11) is 0. The first-order valence-electron chi connectivity index (χ1n) is 6.57. The molecule has 0 amide bonds. The number of tetrazole rings is 1. The zero-order valence-corrected chi connectivity index (χ0v) is 12.0. The zero-order chi connectivity index (χ0) is 14.5. The number of rotatable bonds is 4. The Bertz CT molecular complexity index is 750. The van der Waals surface area contributed by atoms with Crippen LogP contribution in [0.25, 0.3) is 17.5 Å². The van der Waals surface area contributed by atoms with E-state index in [0.717, 1.165) is 11.1 Å². The summed E-state index contributed by atoms with van der Waals surface area (Å²) in [6.45, 7) is 0.562. The summed E-state index contributed by atoms with van der Waals surface area (Å²) in [5, 5.41) is 13.0. The Morgan fingerprint density at radius 1 is 1.00 bits per heavy atom. The molecule has 0 fully saturated rings. The van der Waals surface area contributed by atoms with Gasteiger partial charge >= 0.3 is 0 Å². The van der Waals surface area contributed by atoms with Gasteiger partial charge in [-0.3, -0.25) is 0 Å². The second-order valence-corrected chi connectivity index (χ2v) is 4.87. The maximum absolute atomic E-state index is 6.12. The molecule has 4 nitrogen and oxygen atoms in total. The Labute approximate surface area is 127 Å². The van der Waals surface area contributed by atoms with Crippen LogP contribution < -0.4 is 0 Å². The lowest BCUT2D eigenvalue weighted by atomic mass is 10.2. The van der Waals surface area contributed by atoms with Gasteiger partial charge in [0.1, 0.15) is 0 Å². The van der Waals surface area contributed by atoms with E-state index in [0.29, 0.717) is 17.4 Å². The van der Waals surface area contributed by atoms with Crippen molar-refractivity contribution in [2.24, 2.45) is 0 Å². The van der Waals surface area contributed by atoms with Crippen molar-refractivity contribution >= 4 is 17.7 Å². The lowest BCUT2D eigenvalue weighted by Crippen LogP contribution is -1.99. The van der Waals surface area contributed by atoms with E-state index in [1.54, 1.807) is 0 Å². The van der Waals surface area contributed by atoms with Gasteiger partial charge in [0.05, 0.1) is 11.6 Å². The van der Waals surface area contributed by atoms with Crippen molar-refractivity contribution in [3.63, 3.8) is 0 Å². The van der Waals surface area contributed by atoms with Crippen LogP contribution in [0.2, 0.25) is 5.02 Å². The summed E-state index contributed by atoms with van der Waals surface area (Å²) in [4.78, 5) is 1.54. The summed E-state index contributed by atoms with van der Waals surface area (Å²) in [5.74, 6) is 0.536. The number of hydrogen-bond acceptors (Lipinski definition) is 3. The molecule has 3 aromatic rings. The minimum atomic E-state index is 0.536. The molecular formula is C16H13ClN4. The molecule has 1 aromatic heterocycles. The van der Waals surface area contributed by atoms with Gasteiger partial charge in [-0.2, -0.15) is 4.80 Å². The first-order chi connectivity index (χ1) is 10.3. The third-order valence-electron chi connectivity index (χ3n) is 2.95. The molecule has 0 spiro atoms. The van der Waals surface area contributed by atoms with E-state index in [4.69, 9.17) is 11.6 Å². The Kier molecular flexibility index (Phi) is 4.07. The van der Waals surface area contributed by atoms with Crippen LogP contribution >= 0.6 is 11.6 Å². The minimum Gasteiger partial charge on any atom is -0.160 e. The number of aromatic nitrogens is 4. The molecule has 0 radical (unpaired) electrons. The predicted molar refractivity (Wildman–Crippen MR) is 83.7 cm³/mol. The van der Waals surface area contributed by atoms with E-state index >= 15 is 0 Å². The lowest BCUT2D eigenvalue weighted by molar-refractivity contribution is 0.583. The van der Waals surface area contributed by atoms with E-state index in [1.165, 1.54) is 4.80 Å². The molecule has 0 saturated heterocycles.